The van der Waals surface area contributed by atoms with Crippen molar-refractivity contribution in [3.05, 3.63) is 41.0 Å². The second-order valence-corrected chi connectivity index (χ2v) is 5.16. The lowest BCUT2D eigenvalue weighted by atomic mass is 10.2. The number of hydrogen-bond donors (Lipinski definition) is 2. The average molecular weight is 323 g/mol. The van der Waals surface area contributed by atoms with E-state index in [-0.39, 0.29) is 11.9 Å². The Balaban J connectivity index is 1.96. The molecule has 0 fully saturated rings. The van der Waals surface area contributed by atoms with Crippen molar-refractivity contribution in [2.24, 2.45) is 7.05 Å². The first-order chi connectivity index (χ1) is 9.04. The number of carbonyl (C=O) groups excluding carboxylic acids is 1. The summed E-state index contributed by atoms with van der Waals surface area (Å²) in [4.78, 5) is 12.0. The molecular weight excluding hydrogens is 308 g/mol. The van der Waals surface area contributed by atoms with Gasteiger partial charge in [0.15, 0.2) is 0 Å². The molecule has 2 rings (SSSR count). The van der Waals surface area contributed by atoms with E-state index in [4.69, 9.17) is 0 Å². The number of nitrogens with one attached hydrogen (secondary N) is 2. The zero-order valence-corrected chi connectivity index (χ0v) is 12.3. The maximum atomic E-state index is 12.0. The third kappa shape index (κ3) is 3.82. The second-order valence-electron chi connectivity index (χ2n) is 4.24. The number of aryl methyl sites for hydroxylation is 1. The Kier molecular flexibility index (Phi) is 4.21. The van der Waals surface area contributed by atoms with E-state index in [0.717, 1.165) is 10.2 Å². The minimum Gasteiger partial charge on any atom is -0.357 e. The van der Waals surface area contributed by atoms with Gasteiger partial charge in [0.1, 0.15) is 11.9 Å². The average Bonchev–Trinajstić information content (AvgIpc) is 2.74. The zero-order valence-electron chi connectivity index (χ0n) is 10.7. The van der Waals surface area contributed by atoms with Gasteiger partial charge in [0.2, 0.25) is 5.91 Å². The van der Waals surface area contributed by atoms with Gasteiger partial charge >= 0.3 is 0 Å². The number of carbonyl (C=O) groups is 1. The third-order valence-electron chi connectivity index (χ3n) is 2.56. The van der Waals surface area contributed by atoms with E-state index < -0.39 is 0 Å². The number of hydrogen-bond acceptors (Lipinski definition) is 3. The Bertz CT molecular complexity index is 582. The number of rotatable bonds is 4. The van der Waals surface area contributed by atoms with Crippen LogP contribution < -0.4 is 10.6 Å². The first kappa shape index (κ1) is 13.6. The lowest BCUT2D eigenvalue weighted by molar-refractivity contribution is -0.116. The molecule has 1 heterocycles. The van der Waals surface area contributed by atoms with Crippen LogP contribution in [-0.4, -0.2) is 21.7 Å². The minimum absolute atomic E-state index is 0.108. The SMILES string of the molecule is CC(Nc1ccn(C)n1)C(=O)Nc1cccc(Br)c1. The van der Waals surface area contributed by atoms with Gasteiger partial charge in [-0.2, -0.15) is 5.10 Å². The molecule has 0 saturated heterocycles. The van der Waals surface area contributed by atoms with Gasteiger partial charge < -0.3 is 10.6 Å². The van der Waals surface area contributed by atoms with E-state index in [1.807, 2.05) is 43.6 Å². The van der Waals surface area contributed by atoms with Crippen molar-refractivity contribution < 1.29 is 4.79 Å². The lowest BCUT2D eigenvalue weighted by Crippen LogP contribution is -2.32. The van der Waals surface area contributed by atoms with E-state index in [0.29, 0.717) is 5.82 Å². The van der Waals surface area contributed by atoms with Crippen LogP contribution in [0.3, 0.4) is 0 Å². The number of amides is 1. The topological polar surface area (TPSA) is 59.0 Å². The van der Waals surface area contributed by atoms with Crippen LogP contribution in [0.2, 0.25) is 0 Å². The van der Waals surface area contributed by atoms with E-state index in [1.165, 1.54) is 0 Å². The van der Waals surface area contributed by atoms with Gasteiger partial charge in [0.05, 0.1) is 0 Å². The number of anilines is 2. The fourth-order valence-corrected chi connectivity index (χ4v) is 2.00. The summed E-state index contributed by atoms with van der Waals surface area (Å²) in [5, 5.41) is 10.1. The molecule has 0 spiro atoms. The molecule has 1 amide bonds. The molecule has 1 aromatic heterocycles. The summed E-state index contributed by atoms with van der Waals surface area (Å²) in [6.07, 6.45) is 1.82. The van der Waals surface area contributed by atoms with Gasteiger partial charge in [-0.15, -0.1) is 0 Å². The Labute approximate surface area is 120 Å². The van der Waals surface area contributed by atoms with Crippen molar-refractivity contribution in [2.75, 3.05) is 10.6 Å². The second kappa shape index (κ2) is 5.88. The standard InChI is InChI=1S/C13H15BrN4O/c1-9(15-12-6-7-18(2)17-12)13(19)16-11-5-3-4-10(14)8-11/h3-9H,1-2H3,(H,15,17)(H,16,19). The molecule has 5 nitrogen and oxygen atoms in total. The largest absolute Gasteiger partial charge is 0.357 e. The van der Waals surface area contributed by atoms with Crippen LogP contribution in [-0.2, 0) is 11.8 Å². The molecule has 2 N–H and O–H groups in total. The predicted molar refractivity (Wildman–Crippen MR) is 79.1 cm³/mol. The molecule has 0 aliphatic heterocycles. The molecule has 1 aromatic carbocycles. The molecule has 0 saturated carbocycles. The maximum absolute atomic E-state index is 12.0. The predicted octanol–water partition coefficient (Wildman–Crippen LogP) is 2.62. The number of halogens is 1. The summed E-state index contributed by atoms with van der Waals surface area (Å²) < 4.78 is 2.61. The molecule has 0 radical (unpaired) electrons. The third-order valence-corrected chi connectivity index (χ3v) is 3.06. The smallest absolute Gasteiger partial charge is 0.246 e. The fraction of sp³-hybridized carbons (Fsp3) is 0.231. The monoisotopic (exact) mass is 322 g/mol. The molecule has 6 heteroatoms. The number of benzene rings is 1. The number of aromatic nitrogens is 2. The minimum atomic E-state index is -0.367. The molecule has 1 atom stereocenters. The van der Waals surface area contributed by atoms with Crippen LogP contribution in [0.4, 0.5) is 11.5 Å². The Morgan fingerprint density at radius 3 is 2.84 bits per heavy atom. The van der Waals surface area contributed by atoms with Crippen LogP contribution in [0, 0.1) is 0 Å². The van der Waals surface area contributed by atoms with Crippen LogP contribution >= 0.6 is 15.9 Å². The van der Waals surface area contributed by atoms with Gasteiger partial charge in [0, 0.05) is 29.5 Å². The number of nitrogens with zero attached hydrogens (tertiary/aromatic N) is 2. The fourth-order valence-electron chi connectivity index (χ4n) is 1.60. The van der Waals surface area contributed by atoms with Gasteiger partial charge in [-0.3, -0.25) is 9.48 Å². The van der Waals surface area contributed by atoms with Crippen LogP contribution in [0.15, 0.2) is 41.0 Å². The van der Waals surface area contributed by atoms with Gasteiger partial charge in [-0.05, 0) is 25.1 Å². The normalized spacial score (nSPS) is 11.9. The highest BCUT2D eigenvalue weighted by Gasteiger charge is 2.13. The summed E-state index contributed by atoms with van der Waals surface area (Å²) in [6, 6.07) is 8.93. The van der Waals surface area contributed by atoms with Crippen molar-refractivity contribution in [1.29, 1.82) is 0 Å². The van der Waals surface area contributed by atoms with Crippen molar-refractivity contribution in [1.82, 2.24) is 9.78 Å². The van der Waals surface area contributed by atoms with Gasteiger partial charge in [-0.25, -0.2) is 0 Å². The molecule has 2 aromatic rings. The van der Waals surface area contributed by atoms with E-state index in [2.05, 4.69) is 31.7 Å². The van der Waals surface area contributed by atoms with E-state index >= 15 is 0 Å². The maximum Gasteiger partial charge on any atom is 0.246 e. The highest BCUT2D eigenvalue weighted by molar-refractivity contribution is 9.10. The molecule has 0 aliphatic carbocycles. The summed E-state index contributed by atoms with van der Waals surface area (Å²) >= 11 is 3.37. The first-order valence-electron chi connectivity index (χ1n) is 5.87. The lowest BCUT2D eigenvalue weighted by Gasteiger charge is -2.13. The summed E-state index contributed by atoms with van der Waals surface area (Å²) in [5.41, 5.74) is 0.758. The summed E-state index contributed by atoms with van der Waals surface area (Å²) in [7, 11) is 1.83. The van der Waals surface area contributed by atoms with Crippen LogP contribution in [0.5, 0.6) is 0 Å². The summed E-state index contributed by atoms with van der Waals surface area (Å²) in [5.74, 6) is 0.572. The van der Waals surface area contributed by atoms with Crippen molar-refractivity contribution in [3.8, 4) is 0 Å². The highest BCUT2D eigenvalue weighted by atomic mass is 79.9. The Morgan fingerprint density at radius 2 is 2.21 bits per heavy atom. The van der Waals surface area contributed by atoms with Crippen LogP contribution in [0.1, 0.15) is 6.92 Å². The zero-order chi connectivity index (χ0) is 13.8. The molecular formula is C13H15BrN4O. The molecule has 0 bridgehead atoms. The highest BCUT2D eigenvalue weighted by Crippen LogP contribution is 2.16. The molecule has 19 heavy (non-hydrogen) atoms. The van der Waals surface area contributed by atoms with Crippen molar-refractivity contribution in [3.63, 3.8) is 0 Å². The Morgan fingerprint density at radius 1 is 1.42 bits per heavy atom. The summed E-state index contributed by atoms with van der Waals surface area (Å²) in [6.45, 7) is 1.79. The van der Waals surface area contributed by atoms with E-state index in [9.17, 15) is 4.79 Å². The van der Waals surface area contributed by atoms with Crippen LogP contribution in [0.25, 0.3) is 0 Å². The Hall–Kier alpha value is -1.82. The molecule has 100 valence electrons. The molecule has 0 aliphatic rings. The first-order valence-corrected chi connectivity index (χ1v) is 6.66. The van der Waals surface area contributed by atoms with Crippen molar-refractivity contribution >= 4 is 33.3 Å². The quantitative estimate of drug-likeness (QED) is 0.909. The van der Waals surface area contributed by atoms with Gasteiger partial charge in [-0.1, -0.05) is 22.0 Å². The van der Waals surface area contributed by atoms with Gasteiger partial charge in [0.25, 0.3) is 0 Å². The van der Waals surface area contributed by atoms with Crippen molar-refractivity contribution in [2.45, 2.75) is 13.0 Å². The molecule has 1 unspecified atom stereocenters. The van der Waals surface area contributed by atoms with E-state index in [1.54, 1.807) is 11.6 Å².